The maximum absolute atomic E-state index is 12.9. The van der Waals surface area contributed by atoms with Gasteiger partial charge in [-0.3, -0.25) is 4.79 Å². The molecule has 0 spiro atoms. The molecule has 150 valence electrons. The van der Waals surface area contributed by atoms with Crippen molar-refractivity contribution in [3.05, 3.63) is 18.2 Å². The van der Waals surface area contributed by atoms with E-state index in [-0.39, 0.29) is 16.7 Å². The summed E-state index contributed by atoms with van der Waals surface area (Å²) < 4.78 is 37.6. The predicted octanol–water partition coefficient (Wildman–Crippen LogP) is 0.440. The number of nitrogens with zero attached hydrogens (tertiary/aromatic N) is 1. The molecule has 0 atom stereocenters. The maximum atomic E-state index is 12.9. The highest BCUT2D eigenvalue weighted by molar-refractivity contribution is 7.89. The van der Waals surface area contributed by atoms with Crippen LogP contribution in [0, 0.1) is 11.8 Å². The van der Waals surface area contributed by atoms with Crippen molar-refractivity contribution in [3.63, 3.8) is 0 Å². The van der Waals surface area contributed by atoms with Crippen molar-refractivity contribution in [1.82, 2.24) is 14.9 Å². The Kier molecular flexibility index (Phi) is 6.23. The summed E-state index contributed by atoms with van der Waals surface area (Å²) in [5.74, 6) is 1.27. The lowest BCUT2D eigenvalue weighted by molar-refractivity contribution is -0.126. The van der Waals surface area contributed by atoms with Crippen LogP contribution in [0.25, 0.3) is 0 Å². The lowest BCUT2D eigenvalue weighted by atomic mass is 9.96. The molecule has 0 saturated carbocycles. The Morgan fingerprint density at radius 2 is 1.85 bits per heavy atom. The van der Waals surface area contributed by atoms with E-state index in [9.17, 15) is 13.2 Å². The zero-order chi connectivity index (χ0) is 19.4. The van der Waals surface area contributed by atoms with Crippen LogP contribution in [0.1, 0.15) is 12.8 Å². The van der Waals surface area contributed by atoms with E-state index in [0.29, 0.717) is 49.9 Å². The van der Waals surface area contributed by atoms with Gasteiger partial charge in [0.05, 0.1) is 19.1 Å². The van der Waals surface area contributed by atoms with Crippen molar-refractivity contribution in [2.24, 2.45) is 11.8 Å². The van der Waals surface area contributed by atoms with Gasteiger partial charge in [0.2, 0.25) is 15.9 Å². The molecule has 9 heteroatoms. The second kappa shape index (κ2) is 8.45. The minimum Gasteiger partial charge on any atom is -0.493 e. The van der Waals surface area contributed by atoms with Crippen molar-refractivity contribution in [1.29, 1.82) is 0 Å². The number of carbonyl (C=O) groups is 1. The van der Waals surface area contributed by atoms with Gasteiger partial charge in [-0.1, -0.05) is 0 Å². The summed E-state index contributed by atoms with van der Waals surface area (Å²) in [6.07, 6.45) is 1.06. The number of methoxy groups -OCH3 is 2. The number of benzene rings is 1. The van der Waals surface area contributed by atoms with Gasteiger partial charge in [-0.15, -0.1) is 0 Å². The molecule has 2 fully saturated rings. The number of hydrogen-bond acceptors (Lipinski definition) is 6. The molecule has 0 bridgehead atoms. The van der Waals surface area contributed by atoms with Crippen LogP contribution in [0.4, 0.5) is 0 Å². The molecule has 0 aliphatic carbocycles. The van der Waals surface area contributed by atoms with Gasteiger partial charge < -0.3 is 20.1 Å². The zero-order valence-corrected chi connectivity index (χ0v) is 16.5. The van der Waals surface area contributed by atoms with Crippen LogP contribution in [0.3, 0.4) is 0 Å². The Labute approximate surface area is 160 Å². The molecule has 1 amide bonds. The van der Waals surface area contributed by atoms with Crippen LogP contribution in [0.5, 0.6) is 11.5 Å². The van der Waals surface area contributed by atoms with Gasteiger partial charge in [-0.2, -0.15) is 4.31 Å². The highest BCUT2D eigenvalue weighted by atomic mass is 32.2. The first kappa shape index (κ1) is 19.9. The highest BCUT2D eigenvalue weighted by Crippen LogP contribution is 2.32. The molecule has 1 aromatic rings. The van der Waals surface area contributed by atoms with Gasteiger partial charge in [0.15, 0.2) is 11.5 Å². The summed E-state index contributed by atoms with van der Waals surface area (Å²) >= 11 is 0. The molecular weight excluding hydrogens is 370 g/mol. The van der Waals surface area contributed by atoms with Gasteiger partial charge >= 0.3 is 0 Å². The normalized spacial score (nSPS) is 19.3. The molecule has 0 aromatic heterocycles. The van der Waals surface area contributed by atoms with Crippen molar-refractivity contribution < 1.29 is 22.7 Å². The van der Waals surface area contributed by atoms with Crippen LogP contribution in [0.2, 0.25) is 0 Å². The molecule has 3 rings (SSSR count). The molecule has 8 nitrogen and oxygen atoms in total. The number of nitrogens with one attached hydrogen (secondary N) is 2. The van der Waals surface area contributed by atoms with E-state index in [1.54, 1.807) is 6.07 Å². The fourth-order valence-electron chi connectivity index (χ4n) is 3.37. The molecule has 0 unspecified atom stereocenters. The third-order valence-corrected chi connectivity index (χ3v) is 7.14. The molecule has 2 aliphatic heterocycles. The van der Waals surface area contributed by atoms with Crippen LogP contribution in [0.15, 0.2) is 23.1 Å². The van der Waals surface area contributed by atoms with Crippen molar-refractivity contribution in [2.75, 3.05) is 46.9 Å². The number of amides is 1. The molecule has 0 radical (unpaired) electrons. The molecule has 27 heavy (non-hydrogen) atoms. The third-order valence-electron chi connectivity index (χ3n) is 5.25. The lowest BCUT2D eigenvalue weighted by Gasteiger charge is -2.32. The van der Waals surface area contributed by atoms with Gasteiger partial charge in [-0.05, 0) is 25.0 Å². The number of sulfonamides is 1. The second-order valence-electron chi connectivity index (χ2n) is 6.96. The number of ether oxygens (including phenoxy) is 2. The van der Waals surface area contributed by atoms with E-state index in [1.165, 1.54) is 30.7 Å². The first-order chi connectivity index (χ1) is 13.0. The van der Waals surface area contributed by atoms with E-state index in [2.05, 4.69) is 10.6 Å². The van der Waals surface area contributed by atoms with Crippen LogP contribution >= 0.6 is 0 Å². The number of rotatable bonds is 7. The van der Waals surface area contributed by atoms with E-state index in [0.717, 1.165) is 13.1 Å². The number of carbonyl (C=O) groups excluding carboxylic acids is 1. The smallest absolute Gasteiger partial charge is 0.243 e. The van der Waals surface area contributed by atoms with E-state index in [1.807, 2.05) is 0 Å². The lowest BCUT2D eigenvalue weighted by Crippen LogP contribution is -2.50. The van der Waals surface area contributed by atoms with Crippen LogP contribution < -0.4 is 20.1 Å². The first-order valence-corrected chi connectivity index (χ1v) is 10.6. The number of hydrogen-bond donors (Lipinski definition) is 2. The maximum Gasteiger partial charge on any atom is 0.243 e. The van der Waals surface area contributed by atoms with Crippen molar-refractivity contribution in [2.45, 2.75) is 17.7 Å². The molecule has 2 saturated heterocycles. The second-order valence-corrected chi connectivity index (χ2v) is 8.90. The first-order valence-electron chi connectivity index (χ1n) is 9.16. The average Bonchev–Trinajstić information content (AvgIpc) is 2.66. The summed E-state index contributed by atoms with van der Waals surface area (Å²) in [7, 11) is -0.658. The predicted molar refractivity (Wildman–Crippen MR) is 100 cm³/mol. The zero-order valence-electron chi connectivity index (χ0n) is 15.7. The molecular formula is C18H27N3O5S. The standard InChI is InChI=1S/C18H27N3O5S/c1-25-16-4-3-15(9-17(16)26-2)27(23,24)21-7-5-14(6-8-21)18(22)20-12-13-10-19-11-13/h3-4,9,13-14,19H,5-8,10-12H2,1-2H3,(H,20,22). The Morgan fingerprint density at radius 3 is 2.41 bits per heavy atom. The summed E-state index contributed by atoms with van der Waals surface area (Å²) in [4.78, 5) is 12.5. The largest absolute Gasteiger partial charge is 0.493 e. The molecule has 1 aromatic carbocycles. The monoisotopic (exact) mass is 397 g/mol. The van der Waals surface area contributed by atoms with E-state index in [4.69, 9.17) is 9.47 Å². The third kappa shape index (κ3) is 4.36. The van der Waals surface area contributed by atoms with E-state index < -0.39 is 10.0 Å². The van der Waals surface area contributed by atoms with Crippen molar-refractivity contribution in [3.8, 4) is 11.5 Å². The Bertz CT molecular complexity index is 771. The van der Waals surface area contributed by atoms with Crippen LogP contribution in [-0.4, -0.2) is 65.6 Å². The Morgan fingerprint density at radius 1 is 1.19 bits per heavy atom. The summed E-state index contributed by atoms with van der Waals surface area (Å²) in [5.41, 5.74) is 0. The summed E-state index contributed by atoms with van der Waals surface area (Å²) in [6.45, 7) is 3.25. The Balaban J connectivity index is 1.60. The van der Waals surface area contributed by atoms with Crippen molar-refractivity contribution >= 4 is 15.9 Å². The minimum absolute atomic E-state index is 0.0325. The average molecular weight is 397 g/mol. The number of piperidine rings is 1. The fraction of sp³-hybridized carbons (Fsp3) is 0.611. The summed E-state index contributed by atoms with van der Waals surface area (Å²) in [6, 6.07) is 4.57. The van der Waals surface area contributed by atoms with Gasteiger partial charge in [-0.25, -0.2) is 8.42 Å². The van der Waals surface area contributed by atoms with Crippen LogP contribution in [-0.2, 0) is 14.8 Å². The fourth-order valence-corrected chi connectivity index (χ4v) is 4.85. The highest BCUT2D eigenvalue weighted by Gasteiger charge is 2.33. The molecule has 2 heterocycles. The minimum atomic E-state index is -3.63. The Hall–Kier alpha value is -1.84. The quantitative estimate of drug-likeness (QED) is 0.693. The van der Waals surface area contributed by atoms with E-state index >= 15 is 0 Å². The summed E-state index contributed by atoms with van der Waals surface area (Å²) in [5, 5.41) is 6.17. The van der Waals surface area contributed by atoms with Gasteiger partial charge in [0.25, 0.3) is 0 Å². The topological polar surface area (TPSA) is 97.0 Å². The van der Waals surface area contributed by atoms with Gasteiger partial charge in [0.1, 0.15) is 0 Å². The van der Waals surface area contributed by atoms with Gasteiger partial charge in [0, 0.05) is 50.6 Å². The molecule has 2 aliphatic rings. The SMILES string of the molecule is COc1ccc(S(=O)(=O)N2CCC(C(=O)NCC3CNC3)CC2)cc1OC. The molecule has 2 N–H and O–H groups in total.